The Labute approximate surface area is 357 Å². The average molecular weight is 801 g/mol. The van der Waals surface area contributed by atoms with Gasteiger partial charge >= 0.3 is 6.85 Å². The molecule has 0 saturated heterocycles. The molecule has 0 saturated carbocycles. The van der Waals surface area contributed by atoms with E-state index in [2.05, 4.69) is 184 Å². The minimum atomic E-state index is -0.162. The van der Waals surface area contributed by atoms with Crippen molar-refractivity contribution in [2.24, 2.45) is 0 Å². The normalized spacial score (nSPS) is 13.9. The van der Waals surface area contributed by atoms with Crippen molar-refractivity contribution >= 4 is 117 Å². The van der Waals surface area contributed by atoms with E-state index in [9.17, 15) is 0 Å². The van der Waals surface area contributed by atoms with Crippen molar-refractivity contribution < 1.29 is 13.3 Å². The highest BCUT2D eigenvalue weighted by molar-refractivity contribution is 6.94. The summed E-state index contributed by atoms with van der Waals surface area (Å²) in [5.74, 6) is 0. The molecular formula is C56H41BN2O3. The Morgan fingerprint density at radius 2 is 1.00 bits per heavy atom. The van der Waals surface area contributed by atoms with E-state index in [0.29, 0.717) is 0 Å². The van der Waals surface area contributed by atoms with Crippen molar-refractivity contribution in [2.75, 3.05) is 4.81 Å². The zero-order valence-corrected chi connectivity index (χ0v) is 35.5. The molecule has 0 spiro atoms. The summed E-state index contributed by atoms with van der Waals surface area (Å²) >= 11 is 0. The van der Waals surface area contributed by atoms with Crippen molar-refractivity contribution in [3.63, 3.8) is 0 Å². The van der Waals surface area contributed by atoms with Crippen LogP contribution in [0.25, 0.3) is 104 Å². The molecule has 8 aromatic carbocycles. The molecule has 0 atom stereocenters. The fourth-order valence-electron chi connectivity index (χ4n) is 11.0. The standard InChI is InChI=1S/C56H41BN2O3/c1-55(2,3)30-15-18-32(19-16-30)59-45-28-51-40(39-23-31(56(4,5)6)17-22-49(39)62-51)24-37(45)35-20-21-36-38-27-50-42(34-12-8-10-14-48(34)60-50)26-44(38)58-46-29-52-41(33-11-7-9-13-47(33)61-52)25-43(46)57(59)53(35)54(36)58/h7-29H,1-6H3. The molecule has 0 N–H and O–H groups in total. The largest absolute Gasteiger partial charge is 0.456 e. The summed E-state index contributed by atoms with van der Waals surface area (Å²) in [6.07, 6.45) is 0. The van der Waals surface area contributed by atoms with Gasteiger partial charge in [0.25, 0.3) is 0 Å². The lowest BCUT2D eigenvalue weighted by Gasteiger charge is -2.42. The van der Waals surface area contributed by atoms with Gasteiger partial charge in [-0.25, -0.2) is 0 Å². The van der Waals surface area contributed by atoms with E-state index in [1.807, 2.05) is 6.07 Å². The lowest BCUT2D eigenvalue weighted by atomic mass is 9.44. The van der Waals surface area contributed by atoms with Crippen molar-refractivity contribution in [3.8, 4) is 16.8 Å². The first kappa shape index (κ1) is 34.5. The van der Waals surface area contributed by atoms with E-state index in [1.54, 1.807) is 0 Å². The van der Waals surface area contributed by atoms with Gasteiger partial charge in [-0.3, -0.25) is 0 Å². The van der Waals surface area contributed by atoms with E-state index in [0.717, 1.165) is 88.4 Å². The van der Waals surface area contributed by atoms with Gasteiger partial charge in [0.1, 0.15) is 33.5 Å². The Morgan fingerprint density at radius 3 is 1.69 bits per heavy atom. The topological polar surface area (TPSA) is 47.6 Å². The maximum Gasteiger partial charge on any atom is 0.333 e. The van der Waals surface area contributed by atoms with E-state index in [4.69, 9.17) is 13.3 Å². The number of hydrogen-bond donors (Lipinski definition) is 0. The van der Waals surface area contributed by atoms with Crippen molar-refractivity contribution in [1.29, 1.82) is 0 Å². The molecule has 2 aliphatic rings. The summed E-state index contributed by atoms with van der Waals surface area (Å²) < 4.78 is 22.5. The van der Waals surface area contributed by atoms with Crippen LogP contribution in [0.1, 0.15) is 52.7 Å². The van der Waals surface area contributed by atoms with Crippen LogP contribution in [0, 0.1) is 0 Å². The van der Waals surface area contributed by atoms with Crippen molar-refractivity contribution in [1.82, 2.24) is 4.57 Å². The van der Waals surface area contributed by atoms with Crippen LogP contribution in [0.2, 0.25) is 0 Å². The maximum atomic E-state index is 6.79. The summed E-state index contributed by atoms with van der Waals surface area (Å²) in [4.78, 5) is 2.59. The second-order valence-corrected chi connectivity index (χ2v) is 19.7. The molecule has 6 heterocycles. The quantitative estimate of drug-likeness (QED) is 0.155. The zero-order valence-electron chi connectivity index (χ0n) is 35.5. The fraction of sp³-hybridized carbons (Fsp3) is 0.143. The first-order valence-electron chi connectivity index (χ1n) is 21.8. The van der Waals surface area contributed by atoms with Crippen LogP contribution >= 0.6 is 0 Å². The molecule has 0 unspecified atom stereocenters. The van der Waals surface area contributed by atoms with Crippen molar-refractivity contribution in [2.45, 2.75) is 52.4 Å². The molecule has 5 nitrogen and oxygen atoms in total. The smallest absolute Gasteiger partial charge is 0.333 e. The van der Waals surface area contributed by atoms with Gasteiger partial charge in [-0.2, -0.15) is 0 Å². The minimum absolute atomic E-state index is 0.00426. The number of nitrogens with zero attached hydrogens (tertiary/aromatic N) is 2. The first-order valence-corrected chi connectivity index (χ1v) is 21.8. The highest BCUT2D eigenvalue weighted by Crippen LogP contribution is 2.49. The van der Waals surface area contributed by atoms with E-state index in [1.165, 1.54) is 49.5 Å². The zero-order chi connectivity index (χ0) is 41.6. The third kappa shape index (κ3) is 4.44. The summed E-state index contributed by atoms with van der Waals surface area (Å²) in [6.45, 7) is 13.5. The maximum absolute atomic E-state index is 6.79. The SMILES string of the molecule is CC(C)(C)c1ccc(N2B3c4cc5c(cc4-n4c6cc7c(cc6c6ccc(c3c64)-c3cc4c(cc32)oc2ccc(C(C)(C)C)cc24)oc2ccccc27)oc2ccccc25)cc1. The molecule has 2 aliphatic heterocycles. The molecule has 0 amide bonds. The summed E-state index contributed by atoms with van der Waals surface area (Å²) in [7, 11) is 0. The van der Waals surface area contributed by atoms with E-state index in [-0.39, 0.29) is 17.7 Å². The van der Waals surface area contributed by atoms with Gasteiger partial charge in [0, 0.05) is 77.8 Å². The molecule has 62 heavy (non-hydrogen) atoms. The van der Waals surface area contributed by atoms with Gasteiger partial charge in [0.15, 0.2) is 0 Å². The number of rotatable bonds is 1. The van der Waals surface area contributed by atoms with Gasteiger partial charge in [-0.15, -0.1) is 0 Å². The number of anilines is 2. The number of hydrogen-bond acceptors (Lipinski definition) is 4. The Kier molecular flexibility index (Phi) is 6.34. The molecule has 0 fully saturated rings. The average Bonchev–Trinajstić information content (AvgIpc) is 4.01. The number of aromatic nitrogens is 1. The molecule has 0 bridgehead atoms. The van der Waals surface area contributed by atoms with E-state index < -0.39 is 0 Å². The minimum Gasteiger partial charge on any atom is -0.456 e. The van der Waals surface area contributed by atoms with Crippen LogP contribution in [0.3, 0.4) is 0 Å². The monoisotopic (exact) mass is 800 g/mol. The summed E-state index contributed by atoms with van der Waals surface area (Å²) in [6, 6.07) is 51.5. The molecule has 0 radical (unpaired) electrons. The Morgan fingerprint density at radius 1 is 0.419 bits per heavy atom. The number of benzene rings is 8. The predicted octanol–water partition coefficient (Wildman–Crippen LogP) is 14.3. The molecule has 4 aromatic heterocycles. The lowest BCUT2D eigenvalue weighted by molar-refractivity contribution is 0.590. The molecule has 14 rings (SSSR count). The van der Waals surface area contributed by atoms with Gasteiger partial charge in [-0.1, -0.05) is 114 Å². The third-order valence-electron chi connectivity index (χ3n) is 14.1. The second kappa shape index (κ2) is 11.4. The second-order valence-electron chi connectivity index (χ2n) is 19.7. The molecular weight excluding hydrogens is 759 g/mol. The number of furan rings is 3. The van der Waals surface area contributed by atoms with Gasteiger partial charge in [0.2, 0.25) is 0 Å². The van der Waals surface area contributed by atoms with Crippen LogP contribution in [-0.2, 0) is 10.8 Å². The van der Waals surface area contributed by atoms with Crippen molar-refractivity contribution in [3.05, 3.63) is 151 Å². The highest BCUT2D eigenvalue weighted by Gasteiger charge is 2.45. The molecule has 12 aromatic rings. The van der Waals surface area contributed by atoms with Gasteiger partial charge in [-0.05, 0) is 93.0 Å². The Hall–Kier alpha value is -7.18. The van der Waals surface area contributed by atoms with Gasteiger partial charge in [0.05, 0.1) is 11.0 Å². The van der Waals surface area contributed by atoms with Crippen LogP contribution < -0.4 is 15.7 Å². The molecule has 0 aliphatic carbocycles. The molecule has 6 heteroatoms. The number of para-hydroxylation sites is 2. The highest BCUT2D eigenvalue weighted by atomic mass is 16.3. The summed E-state index contributed by atoms with van der Waals surface area (Å²) in [5, 5.41) is 9.13. The van der Waals surface area contributed by atoms with Crippen LogP contribution in [-0.4, -0.2) is 11.4 Å². The Balaban J connectivity index is 1.15. The first-order chi connectivity index (χ1) is 30.0. The number of fused-ring (bicyclic) bond motifs is 17. The van der Waals surface area contributed by atoms with Crippen LogP contribution in [0.4, 0.5) is 11.4 Å². The van der Waals surface area contributed by atoms with Gasteiger partial charge < -0.3 is 22.6 Å². The lowest BCUT2D eigenvalue weighted by Crippen LogP contribution is -2.60. The summed E-state index contributed by atoms with van der Waals surface area (Å²) in [5.41, 5.74) is 18.7. The molecule has 296 valence electrons. The Bertz CT molecular complexity index is 3960. The van der Waals surface area contributed by atoms with Crippen LogP contribution in [0.5, 0.6) is 0 Å². The van der Waals surface area contributed by atoms with Crippen LogP contribution in [0.15, 0.2) is 153 Å². The predicted molar refractivity (Wildman–Crippen MR) is 259 cm³/mol. The third-order valence-corrected chi connectivity index (χ3v) is 14.1. The van der Waals surface area contributed by atoms with E-state index >= 15 is 0 Å². The fourth-order valence-corrected chi connectivity index (χ4v) is 11.0.